The second-order valence-corrected chi connectivity index (χ2v) is 10.7. The summed E-state index contributed by atoms with van der Waals surface area (Å²) in [5.41, 5.74) is 1.44. The zero-order valence-corrected chi connectivity index (χ0v) is 22.4. The van der Waals surface area contributed by atoms with Crippen molar-refractivity contribution < 1.29 is 22.4 Å². The SMILES string of the molecule is CC[C@@H](C(=O)NC)N(Cc1ccc(F)cc1)C(=O)CN(c1cc(Cl)ccc1C)S(=O)(=O)c1ccccc1. The van der Waals surface area contributed by atoms with Gasteiger partial charge in [0.25, 0.3) is 10.0 Å². The van der Waals surface area contributed by atoms with Crippen LogP contribution in [-0.4, -0.2) is 44.8 Å². The zero-order chi connectivity index (χ0) is 27.2. The topological polar surface area (TPSA) is 86.8 Å². The van der Waals surface area contributed by atoms with Gasteiger partial charge in [0, 0.05) is 18.6 Å². The summed E-state index contributed by atoms with van der Waals surface area (Å²) in [7, 11) is -2.72. The molecule has 0 radical (unpaired) electrons. The molecule has 3 aromatic carbocycles. The molecule has 0 aliphatic heterocycles. The van der Waals surface area contributed by atoms with Crippen LogP contribution in [0.5, 0.6) is 0 Å². The van der Waals surface area contributed by atoms with Crippen molar-refractivity contribution >= 4 is 39.1 Å². The Morgan fingerprint density at radius 3 is 2.27 bits per heavy atom. The van der Waals surface area contributed by atoms with Crippen molar-refractivity contribution in [2.45, 2.75) is 37.8 Å². The Balaban J connectivity index is 2.09. The molecule has 196 valence electrons. The Labute approximate surface area is 221 Å². The number of carbonyl (C=O) groups is 2. The molecule has 7 nitrogen and oxygen atoms in total. The van der Waals surface area contributed by atoms with Gasteiger partial charge in [-0.3, -0.25) is 13.9 Å². The highest BCUT2D eigenvalue weighted by Crippen LogP contribution is 2.30. The van der Waals surface area contributed by atoms with E-state index in [0.29, 0.717) is 16.1 Å². The van der Waals surface area contributed by atoms with Crippen molar-refractivity contribution in [1.82, 2.24) is 10.2 Å². The number of aryl methyl sites for hydroxylation is 1. The summed E-state index contributed by atoms with van der Waals surface area (Å²) < 4.78 is 42.0. The summed E-state index contributed by atoms with van der Waals surface area (Å²) in [5.74, 6) is -1.43. The minimum absolute atomic E-state index is 0.00519. The summed E-state index contributed by atoms with van der Waals surface area (Å²) in [6.45, 7) is 2.88. The Hall–Kier alpha value is -3.43. The monoisotopic (exact) mass is 545 g/mol. The second kappa shape index (κ2) is 12.2. The number of hydrogen-bond acceptors (Lipinski definition) is 4. The van der Waals surface area contributed by atoms with Gasteiger partial charge in [-0.05, 0) is 60.9 Å². The quantitative estimate of drug-likeness (QED) is 0.405. The number of rotatable bonds is 10. The molecule has 0 bridgehead atoms. The number of carbonyl (C=O) groups excluding carboxylic acids is 2. The third-order valence-electron chi connectivity index (χ3n) is 5.95. The molecule has 0 aromatic heterocycles. The number of benzene rings is 3. The number of likely N-dealkylation sites (N-methyl/N-ethyl adjacent to an activating group) is 1. The van der Waals surface area contributed by atoms with Gasteiger partial charge in [0.05, 0.1) is 10.6 Å². The molecule has 3 aromatic rings. The lowest BCUT2D eigenvalue weighted by atomic mass is 10.1. The van der Waals surface area contributed by atoms with E-state index in [0.717, 1.165) is 4.31 Å². The van der Waals surface area contributed by atoms with Gasteiger partial charge in [0.2, 0.25) is 11.8 Å². The molecule has 0 saturated heterocycles. The number of nitrogens with zero attached hydrogens (tertiary/aromatic N) is 2. The van der Waals surface area contributed by atoms with Gasteiger partial charge in [-0.2, -0.15) is 0 Å². The fraction of sp³-hybridized carbons (Fsp3) is 0.259. The average molecular weight is 546 g/mol. The molecule has 0 fully saturated rings. The normalized spacial score (nSPS) is 12.0. The molecule has 10 heteroatoms. The highest BCUT2D eigenvalue weighted by molar-refractivity contribution is 7.92. The first kappa shape index (κ1) is 28.1. The van der Waals surface area contributed by atoms with Crippen molar-refractivity contribution in [1.29, 1.82) is 0 Å². The van der Waals surface area contributed by atoms with E-state index < -0.39 is 40.2 Å². The number of amides is 2. The molecule has 3 rings (SSSR count). The Bertz CT molecular complexity index is 1350. The Morgan fingerprint density at radius 1 is 1.03 bits per heavy atom. The maximum Gasteiger partial charge on any atom is 0.264 e. The summed E-state index contributed by atoms with van der Waals surface area (Å²) in [6.07, 6.45) is 0.286. The van der Waals surface area contributed by atoms with E-state index in [1.54, 1.807) is 44.2 Å². The van der Waals surface area contributed by atoms with Crippen LogP contribution < -0.4 is 9.62 Å². The molecule has 0 spiro atoms. The number of nitrogens with one attached hydrogen (secondary N) is 1. The van der Waals surface area contributed by atoms with Crippen LogP contribution in [0.1, 0.15) is 24.5 Å². The second-order valence-electron chi connectivity index (χ2n) is 8.44. The Morgan fingerprint density at radius 2 is 1.68 bits per heavy atom. The molecule has 0 aliphatic carbocycles. The maximum absolute atomic E-state index is 13.8. The summed E-state index contributed by atoms with van der Waals surface area (Å²) in [6, 6.07) is 17.3. The number of anilines is 1. The molecule has 1 N–H and O–H groups in total. The summed E-state index contributed by atoms with van der Waals surface area (Å²) >= 11 is 6.21. The predicted molar refractivity (Wildman–Crippen MR) is 142 cm³/mol. The standard InChI is InChI=1S/C27H29ClFN3O4S/c1-4-24(27(34)30-3)31(17-20-11-14-22(29)15-12-20)26(33)18-32(25-16-21(28)13-10-19(25)2)37(35,36)23-8-6-5-7-9-23/h5-16,24H,4,17-18H2,1-3H3,(H,30,34)/t24-/m0/s1. The molecular weight excluding hydrogens is 517 g/mol. The van der Waals surface area contributed by atoms with Gasteiger partial charge in [0.15, 0.2) is 0 Å². The molecule has 0 aliphatic rings. The lowest BCUT2D eigenvalue weighted by Gasteiger charge is -2.33. The van der Waals surface area contributed by atoms with Crippen LogP contribution >= 0.6 is 11.6 Å². The highest BCUT2D eigenvalue weighted by atomic mass is 35.5. The fourth-order valence-electron chi connectivity index (χ4n) is 3.96. The van der Waals surface area contributed by atoms with E-state index in [1.807, 2.05) is 0 Å². The smallest absolute Gasteiger partial charge is 0.264 e. The lowest BCUT2D eigenvalue weighted by molar-refractivity contribution is -0.140. The van der Waals surface area contributed by atoms with Gasteiger partial charge >= 0.3 is 0 Å². The van der Waals surface area contributed by atoms with Gasteiger partial charge in [-0.1, -0.05) is 54.9 Å². The third-order valence-corrected chi connectivity index (χ3v) is 7.96. The van der Waals surface area contributed by atoms with Gasteiger partial charge in [0.1, 0.15) is 18.4 Å². The molecule has 1 atom stereocenters. The molecular formula is C27H29ClFN3O4S. The number of hydrogen-bond donors (Lipinski definition) is 1. The van der Waals surface area contributed by atoms with Crippen molar-refractivity contribution in [3.8, 4) is 0 Å². The van der Waals surface area contributed by atoms with Crippen LogP contribution in [0, 0.1) is 12.7 Å². The van der Waals surface area contributed by atoms with Crippen LogP contribution in [0.25, 0.3) is 0 Å². The van der Waals surface area contributed by atoms with Crippen LogP contribution in [0.2, 0.25) is 5.02 Å². The molecule has 2 amide bonds. The minimum atomic E-state index is -4.18. The molecule has 0 saturated carbocycles. The van der Waals surface area contributed by atoms with E-state index >= 15 is 0 Å². The van der Waals surface area contributed by atoms with Crippen molar-refractivity contribution in [2.24, 2.45) is 0 Å². The van der Waals surface area contributed by atoms with E-state index in [1.165, 1.54) is 54.4 Å². The number of halogens is 2. The first-order chi connectivity index (χ1) is 17.6. The van der Waals surface area contributed by atoms with E-state index in [9.17, 15) is 22.4 Å². The predicted octanol–water partition coefficient (Wildman–Crippen LogP) is 4.54. The van der Waals surface area contributed by atoms with Gasteiger partial charge in [-0.15, -0.1) is 0 Å². The lowest BCUT2D eigenvalue weighted by Crippen LogP contribution is -2.51. The summed E-state index contributed by atoms with van der Waals surface area (Å²) in [5, 5.41) is 2.87. The van der Waals surface area contributed by atoms with Gasteiger partial charge < -0.3 is 10.2 Å². The zero-order valence-electron chi connectivity index (χ0n) is 20.8. The molecule has 0 heterocycles. The first-order valence-electron chi connectivity index (χ1n) is 11.7. The van der Waals surface area contributed by atoms with Crippen LogP contribution in [0.3, 0.4) is 0 Å². The van der Waals surface area contributed by atoms with Crippen LogP contribution in [0.4, 0.5) is 10.1 Å². The minimum Gasteiger partial charge on any atom is -0.357 e. The maximum atomic E-state index is 13.8. The first-order valence-corrected chi connectivity index (χ1v) is 13.5. The van der Waals surface area contributed by atoms with E-state index in [-0.39, 0.29) is 23.5 Å². The van der Waals surface area contributed by atoms with Crippen molar-refractivity contribution in [2.75, 3.05) is 17.9 Å². The Kier molecular flexibility index (Phi) is 9.29. The highest BCUT2D eigenvalue weighted by Gasteiger charge is 2.34. The van der Waals surface area contributed by atoms with Crippen molar-refractivity contribution in [3.63, 3.8) is 0 Å². The fourth-order valence-corrected chi connectivity index (χ4v) is 5.61. The number of sulfonamides is 1. The summed E-state index contributed by atoms with van der Waals surface area (Å²) in [4.78, 5) is 27.8. The molecule has 0 unspecified atom stereocenters. The van der Waals surface area contributed by atoms with Gasteiger partial charge in [-0.25, -0.2) is 12.8 Å². The van der Waals surface area contributed by atoms with Crippen molar-refractivity contribution in [3.05, 3.63) is 94.8 Å². The van der Waals surface area contributed by atoms with Crippen LogP contribution in [-0.2, 0) is 26.2 Å². The van der Waals surface area contributed by atoms with Crippen LogP contribution in [0.15, 0.2) is 77.7 Å². The largest absolute Gasteiger partial charge is 0.357 e. The average Bonchev–Trinajstić information content (AvgIpc) is 2.89. The van der Waals surface area contributed by atoms with E-state index in [2.05, 4.69) is 5.32 Å². The molecule has 37 heavy (non-hydrogen) atoms. The third kappa shape index (κ3) is 6.67. The van der Waals surface area contributed by atoms with E-state index in [4.69, 9.17) is 11.6 Å².